The maximum Gasteiger partial charge on any atom is 0.287 e. The lowest BCUT2D eigenvalue weighted by molar-refractivity contribution is 0.0927. The lowest BCUT2D eigenvalue weighted by Gasteiger charge is -2.01. The predicted molar refractivity (Wildman–Crippen MR) is 69.4 cm³/mol. The zero-order valence-corrected chi connectivity index (χ0v) is 10.4. The molecule has 0 fully saturated rings. The molecule has 2 heterocycles. The molecule has 0 saturated carbocycles. The van der Waals surface area contributed by atoms with Crippen molar-refractivity contribution in [3.8, 4) is 0 Å². The average molecular weight is 247 g/mol. The Morgan fingerprint density at radius 1 is 1.44 bits per heavy atom. The summed E-state index contributed by atoms with van der Waals surface area (Å²) < 4.78 is 5.44. The summed E-state index contributed by atoms with van der Waals surface area (Å²) in [6.45, 7) is 3.16. The van der Waals surface area contributed by atoms with Gasteiger partial charge in [0, 0.05) is 18.3 Å². The number of carbonyl (C=O) groups is 1. The molecule has 5 nitrogen and oxygen atoms in total. The summed E-state index contributed by atoms with van der Waals surface area (Å²) in [5.41, 5.74) is 7.63. The minimum Gasteiger partial charge on any atom is -0.449 e. The fraction of sp³-hybridized carbons (Fsp3) is 0.385. The fourth-order valence-corrected chi connectivity index (χ4v) is 1.70. The van der Waals surface area contributed by atoms with Crippen LogP contribution in [0.15, 0.2) is 22.6 Å². The van der Waals surface area contributed by atoms with Gasteiger partial charge in [-0.15, -0.1) is 0 Å². The van der Waals surface area contributed by atoms with Gasteiger partial charge in [0.15, 0.2) is 11.3 Å². The molecule has 0 aliphatic rings. The molecule has 1 amide bonds. The summed E-state index contributed by atoms with van der Waals surface area (Å²) in [7, 11) is 0. The van der Waals surface area contributed by atoms with Gasteiger partial charge in [0.05, 0.1) is 0 Å². The molecule has 0 bridgehead atoms. The van der Waals surface area contributed by atoms with Crippen molar-refractivity contribution < 1.29 is 9.21 Å². The molecule has 2 aromatic rings. The summed E-state index contributed by atoms with van der Waals surface area (Å²) >= 11 is 0. The zero-order chi connectivity index (χ0) is 13.0. The van der Waals surface area contributed by atoms with E-state index in [4.69, 9.17) is 10.2 Å². The lowest BCUT2D eigenvalue weighted by atomic mass is 10.3. The number of pyridine rings is 1. The molecular formula is C13H17N3O2. The van der Waals surface area contributed by atoms with Crippen molar-refractivity contribution in [2.24, 2.45) is 5.73 Å². The standard InChI is InChI=1S/C13H17N3O2/c1-9-4-5-11-10(16-9)8-12(18-11)13(17)15-7-3-2-6-14/h4-5,8H,2-3,6-7,14H2,1H3,(H,15,17). The molecule has 0 spiro atoms. The van der Waals surface area contributed by atoms with E-state index in [1.807, 2.05) is 19.1 Å². The van der Waals surface area contributed by atoms with Gasteiger partial charge in [-0.3, -0.25) is 4.79 Å². The highest BCUT2D eigenvalue weighted by Gasteiger charge is 2.12. The third-order valence-electron chi connectivity index (χ3n) is 2.65. The first-order valence-electron chi connectivity index (χ1n) is 6.06. The van der Waals surface area contributed by atoms with Crippen LogP contribution in [0.25, 0.3) is 11.1 Å². The Bertz CT molecular complexity index is 548. The maximum absolute atomic E-state index is 11.8. The fourth-order valence-electron chi connectivity index (χ4n) is 1.70. The van der Waals surface area contributed by atoms with Gasteiger partial charge in [0.2, 0.25) is 0 Å². The second-order valence-electron chi connectivity index (χ2n) is 4.20. The number of carbonyl (C=O) groups excluding carboxylic acids is 1. The number of amides is 1. The van der Waals surface area contributed by atoms with E-state index in [1.54, 1.807) is 6.07 Å². The zero-order valence-electron chi connectivity index (χ0n) is 10.4. The molecule has 2 rings (SSSR count). The monoisotopic (exact) mass is 247 g/mol. The smallest absolute Gasteiger partial charge is 0.287 e. The highest BCUT2D eigenvalue weighted by atomic mass is 16.3. The average Bonchev–Trinajstić information content (AvgIpc) is 2.77. The number of nitrogens with two attached hydrogens (primary N) is 1. The first kappa shape index (κ1) is 12.6. The molecule has 5 heteroatoms. The number of rotatable bonds is 5. The van der Waals surface area contributed by atoms with Crippen LogP contribution in [0.2, 0.25) is 0 Å². The molecule has 0 aliphatic carbocycles. The molecule has 3 N–H and O–H groups in total. The van der Waals surface area contributed by atoms with E-state index in [0.29, 0.717) is 29.9 Å². The van der Waals surface area contributed by atoms with Gasteiger partial charge in [-0.05, 0) is 38.4 Å². The minimum atomic E-state index is -0.206. The molecule has 0 atom stereocenters. The molecule has 2 aromatic heterocycles. The van der Waals surface area contributed by atoms with Crippen LogP contribution in [0.5, 0.6) is 0 Å². The Balaban J connectivity index is 2.04. The van der Waals surface area contributed by atoms with E-state index >= 15 is 0 Å². The number of hydrogen-bond acceptors (Lipinski definition) is 4. The van der Waals surface area contributed by atoms with Gasteiger partial charge in [-0.2, -0.15) is 0 Å². The highest BCUT2D eigenvalue weighted by molar-refractivity contribution is 5.95. The first-order valence-corrected chi connectivity index (χ1v) is 6.06. The quantitative estimate of drug-likeness (QED) is 0.786. The molecular weight excluding hydrogens is 230 g/mol. The summed E-state index contributed by atoms with van der Waals surface area (Å²) in [4.78, 5) is 16.1. The number of fused-ring (bicyclic) bond motifs is 1. The van der Waals surface area contributed by atoms with E-state index in [-0.39, 0.29) is 5.91 Å². The van der Waals surface area contributed by atoms with E-state index in [1.165, 1.54) is 0 Å². The Kier molecular flexibility index (Phi) is 3.94. The van der Waals surface area contributed by atoms with Crippen LogP contribution in [-0.2, 0) is 0 Å². The number of hydrogen-bond donors (Lipinski definition) is 2. The van der Waals surface area contributed by atoms with E-state index in [9.17, 15) is 4.79 Å². The van der Waals surface area contributed by atoms with Crippen molar-refractivity contribution in [1.82, 2.24) is 10.3 Å². The summed E-state index contributed by atoms with van der Waals surface area (Å²) in [5.74, 6) is 0.0959. The Morgan fingerprint density at radius 2 is 2.28 bits per heavy atom. The normalized spacial score (nSPS) is 10.8. The number of aromatic nitrogens is 1. The summed E-state index contributed by atoms with van der Waals surface area (Å²) in [6.07, 6.45) is 1.78. The van der Waals surface area contributed by atoms with Crippen molar-refractivity contribution in [3.63, 3.8) is 0 Å². The van der Waals surface area contributed by atoms with E-state index in [2.05, 4.69) is 10.3 Å². The number of nitrogens with one attached hydrogen (secondary N) is 1. The van der Waals surface area contributed by atoms with Gasteiger partial charge >= 0.3 is 0 Å². The van der Waals surface area contributed by atoms with Crippen molar-refractivity contribution in [1.29, 1.82) is 0 Å². The van der Waals surface area contributed by atoms with Gasteiger partial charge in [-0.1, -0.05) is 0 Å². The molecule has 0 aromatic carbocycles. The minimum absolute atomic E-state index is 0.206. The molecule has 18 heavy (non-hydrogen) atoms. The topological polar surface area (TPSA) is 81.2 Å². The Labute approximate surface area is 105 Å². The molecule has 0 unspecified atom stereocenters. The summed E-state index contributed by atoms with van der Waals surface area (Å²) in [6, 6.07) is 5.35. The number of aryl methyl sites for hydroxylation is 1. The van der Waals surface area contributed by atoms with Gasteiger partial charge in [0.25, 0.3) is 5.91 Å². The Morgan fingerprint density at radius 3 is 3.06 bits per heavy atom. The van der Waals surface area contributed by atoms with Crippen LogP contribution in [0.3, 0.4) is 0 Å². The lowest BCUT2D eigenvalue weighted by Crippen LogP contribution is -2.24. The molecule has 96 valence electrons. The van der Waals surface area contributed by atoms with Crippen LogP contribution in [0, 0.1) is 6.92 Å². The van der Waals surface area contributed by atoms with Gasteiger partial charge in [-0.25, -0.2) is 4.98 Å². The largest absolute Gasteiger partial charge is 0.449 e. The van der Waals surface area contributed by atoms with Crippen LogP contribution in [0.4, 0.5) is 0 Å². The second-order valence-corrected chi connectivity index (χ2v) is 4.20. The van der Waals surface area contributed by atoms with Crippen LogP contribution >= 0.6 is 0 Å². The third-order valence-corrected chi connectivity index (χ3v) is 2.65. The van der Waals surface area contributed by atoms with E-state index in [0.717, 1.165) is 18.5 Å². The number of furan rings is 1. The predicted octanol–water partition coefficient (Wildman–Crippen LogP) is 1.60. The first-order chi connectivity index (χ1) is 8.70. The van der Waals surface area contributed by atoms with Gasteiger partial charge in [0.1, 0.15) is 5.52 Å². The van der Waals surface area contributed by atoms with Crippen LogP contribution < -0.4 is 11.1 Å². The SMILES string of the molecule is Cc1ccc2oc(C(=O)NCCCCN)cc2n1. The van der Waals surface area contributed by atoms with Gasteiger partial charge < -0.3 is 15.5 Å². The summed E-state index contributed by atoms with van der Waals surface area (Å²) in [5, 5.41) is 2.79. The molecule has 0 aliphatic heterocycles. The van der Waals surface area contributed by atoms with Crippen molar-refractivity contribution in [2.45, 2.75) is 19.8 Å². The number of nitrogens with zero attached hydrogens (tertiary/aromatic N) is 1. The molecule has 0 radical (unpaired) electrons. The van der Waals surface area contributed by atoms with Crippen molar-refractivity contribution in [2.75, 3.05) is 13.1 Å². The number of unbranched alkanes of at least 4 members (excludes halogenated alkanes) is 1. The highest BCUT2D eigenvalue weighted by Crippen LogP contribution is 2.17. The van der Waals surface area contributed by atoms with Crippen LogP contribution in [-0.4, -0.2) is 24.0 Å². The van der Waals surface area contributed by atoms with Crippen LogP contribution in [0.1, 0.15) is 29.1 Å². The third kappa shape index (κ3) is 2.87. The van der Waals surface area contributed by atoms with Crippen molar-refractivity contribution >= 4 is 17.0 Å². The van der Waals surface area contributed by atoms with Crippen molar-refractivity contribution in [3.05, 3.63) is 29.7 Å². The van der Waals surface area contributed by atoms with E-state index < -0.39 is 0 Å². The molecule has 0 saturated heterocycles. The Hall–Kier alpha value is -1.88. The maximum atomic E-state index is 11.8. The second kappa shape index (κ2) is 5.64.